The standard InChI is InChI=1S/2C3H4N2.H2/c2*1-2-5-3-4-1;/h2*1-3H,(H,4,5);1H. The summed E-state index contributed by atoms with van der Waals surface area (Å²) in [6.45, 7) is 0. The van der Waals surface area contributed by atoms with Crippen LogP contribution in [0, 0.1) is 0 Å². The molecule has 0 aromatic carbocycles. The van der Waals surface area contributed by atoms with Crippen LogP contribution in [0.4, 0.5) is 0 Å². The Morgan fingerprint density at radius 2 is 1.40 bits per heavy atom. The van der Waals surface area contributed by atoms with E-state index < -0.39 is 0 Å². The SMILES string of the molecule is [HH].c1c[nH]cn1.c1c[nH]cn1. The number of imidazole rings is 2. The summed E-state index contributed by atoms with van der Waals surface area (Å²) in [5, 5.41) is 0. The molecule has 0 saturated carbocycles. The Balaban J connectivity index is 0.000000167. The van der Waals surface area contributed by atoms with E-state index in [-0.39, 0.29) is 1.43 Å². The Labute approximate surface area is 59.8 Å². The van der Waals surface area contributed by atoms with Gasteiger partial charge in [0.25, 0.3) is 0 Å². The van der Waals surface area contributed by atoms with E-state index >= 15 is 0 Å². The molecule has 0 atom stereocenters. The van der Waals surface area contributed by atoms with Crippen molar-refractivity contribution >= 4 is 0 Å². The van der Waals surface area contributed by atoms with Crippen molar-refractivity contribution in [1.82, 2.24) is 19.9 Å². The van der Waals surface area contributed by atoms with Gasteiger partial charge in [0.15, 0.2) is 0 Å². The van der Waals surface area contributed by atoms with E-state index in [1.807, 2.05) is 0 Å². The minimum atomic E-state index is 0. The van der Waals surface area contributed by atoms with Gasteiger partial charge in [0.1, 0.15) is 0 Å². The molecule has 0 aliphatic carbocycles. The predicted molar refractivity (Wildman–Crippen MR) is 39.3 cm³/mol. The second-order valence-corrected chi connectivity index (χ2v) is 1.52. The molecular formula is C6H10N4. The number of hydrogen-bond acceptors (Lipinski definition) is 2. The third kappa shape index (κ3) is 2.66. The van der Waals surface area contributed by atoms with Gasteiger partial charge in [-0.2, -0.15) is 0 Å². The van der Waals surface area contributed by atoms with Gasteiger partial charge in [-0.25, -0.2) is 9.97 Å². The van der Waals surface area contributed by atoms with E-state index in [4.69, 9.17) is 0 Å². The van der Waals surface area contributed by atoms with Crippen molar-refractivity contribution in [1.29, 1.82) is 0 Å². The lowest BCUT2D eigenvalue weighted by Gasteiger charge is -1.46. The highest BCUT2D eigenvalue weighted by Gasteiger charge is 1.56. The predicted octanol–water partition coefficient (Wildman–Crippen LogP) is 1.07. The summed E-state index contributed by atoms with van der Waals surface area (Å²) >= 11 is 0. The van der Waals surface area contributed by atoms with Gasteiger partial charge in [-0.15, -0.1) is 0 Å². The zero-order chi connectivity index (χ0) is 7.07. The minimum absolute atomic E-state index is 0. The highest BCUT2D eigenvalue weighted by Crippen LogP contribution is 1.63. The van der Waals surface area contributed by atoms with Gasteiger partial charge < -0.3 is 9.97 Å². The Hall–Kier alpha value is -1.58. The Morgan fingerprint density at radius 1 is 0.900 bits per heavy atom. The average Bonchev–Trinajstić information content (AvgIpc) is 2.67. The van der Waals surface area contributed by atoms with Crippen molar-refractivity contribution in [2.24, 2.45) is 0 Å². The summed E-state index contributed by atoms with van der Waals surface area (Å²) < 4.78 is 0. The molecule has 0 unspecified atom stereocenters. The highest BCUT2D eigenvalue weighted by molar-refractivity contribution is 4.65. The van der Waals surface area contributed by atoms with Gasteiger partial charge >= 0.3 is 0 Å². The van der Waals surface area contributed by atoms with E-state index in [0.717, 1.165) is 0 Å². The quantitative estimate of drug-likeness (QED) is 0.572. The zero-order valence-corrected chi connectivity index (χ0v) is 5.36. The van der Waals surface area contributed by atoms with Gasteiger partial charge in [-0.05, 0) is 0 Å². The van der Waals surface area contributed by atoms with Gasteiger partial charge in [-0.1, -0.05) is 0 Å². The van der Waals surface area contributed by atoms with Crippen molar-refractivity contribution in [2.45, 2.75) is 0 Å². The molecular weight excluding hydrogens is 128 g/mol. The second kappa shape index (κ2) is 4.31. The highest BCUT2D eigenvalue weighted by atomic mass is 14.8. The molecule has 4 heteroatoms. The molecule has 2 aromatic rings. The summed E-state index contributed by atoms with van der Waals surface area (Å²) in [7, 11) is 0. The topological polar surface area (TPSA) is 57.4 Å². The molecule has 0 bridgehead atoms. The van der Waals surface area contributed by atoms with Crippen LogP contribution in [-0.2, 0) is 0 Å². The first-order valence-corrected chi connectivity index (χ1v) is 2.85. The average molecular weight is 138 g/mol. The Bertz CT molecular complexity index is 154. The van der Waals surface area contributed by atoms with Gasteiger partial charge in [0.05, 0.1) is 12.7 Å². The lowest BCUT2D eigenvalue weighted by Crippen LogP contribution is -1.44. The largest absolute Gasteiger partial charge is 0.351 e. The number of H-pyrrole nitrogens is 2. The number of nitrogens with zero attached hydrogens (tertiary/aromatic N) is 2. The Morgan fingerprint density at radius 3 is 1.50 bits per heavy atom. The van der Waals surface area contributed by atoms with Crippen LogP contribution in [0.5, 0.6) is 0 Å². The van der Waals surface area contributed by atoms with Crippen LogP contribution in [0.3, 0.4) is 0 Å². The van der Waals surface area contributed by atoms with E-state index in [2.05, 4.69) is 19.9 Å². The number of rotatable bonds is 0. The molecule has 0 fully saturated rings. The van der Waals surface area contributed by atoms with E-state index in [0.29, 0.717) is 0 Å². The lowest BCUT2D eigenvalue weighted by molar-refractivity contribution is 1.31. The molecule has 10 heavy (non-hydrogen) atoms. The van der Waals surface area contributed by atoms with Crippen molar-refractivity contribution in [3.63, 3.8) is 0 Å². The van der Waals surface area contributed by atoms with Gasteiger partial charge in [0.2, 0.25) is 0 Å². The molecule has 54 valence electrons. The summed E-state index contributed by atoms with van der Waals surface area (Å²) in [5.74, 6) is 0. The van der Waals surface area contributed by atoms with Crippen molar-refractivity contribution in [3.05, 3.63) is 37.4 Å². The summed E-state index contributed by atoms with van der Waals surface area (Å²) in [4.78, 5) is 12.8. The molecule has 2 rings (SSSR count). The Kier molecular flexibility index (Phi) is 2.82. The maximum Gasteiger partial charge on any atom is 0.0919 e. The molecule has 0 saturated heterocycles. The normalized spacial score (nSPS) is 8.00. The fourth-order valence-corrected chi connectivity index (χ4v) is 0.430. The van der Waals surface area contributed by atoms with Crippen molar-refractivity contribution in [2.75, 3.05) is 0 Å². The number of hydrogen-bond donors (Lipinski definition) is 2. The van der Waals surface area contributed by atoms with Crippen molar-refractivity contribution in [3.8, 4) is 0 Å². The molecule has 0 amide bonds. The molecule has 2 heterocycles. The second-order valence-electron chi connectivity index (χ2n) is 1.52. The fraction of sp³-hybridized carbons (Fsp3) is 0. The fourth-order valence-electron chi connectivity index (χ4n) is 0.430. The van der Waals surface area contributed by atoms with Crippen LogP contribution in [0.25, 0.3) is 0 Å². The van der Waals surface area contributed by atoms with E-state index in [9.17, 15) is 0 Å². The molecule has 0 spiro atoms. The summed E-state index contributed by atoms with van der Waals surface area (Å²) in [6, 6.07) is 0. The van der Waals surface area contributed by atoms with Gasteiger partial charge in [-0.3, -0.25) is 0 Å². The molecule has 2 N–H and O–H groups in total. The lowest BCUT2D eigenvalue weighted by atomic mass is 11.0. The minimum Gasteiger partial charge on any atom is -0.351 e. The molecule has 4 nitrogen and oxygen atoms in total. The zero-order valence-electron chi connectivity index (χ0n) is 5.36. The smallest absolute Gasteiger partial charge is 0.0919 e. The maximum atomic E-state index is 3.67. The number of aromatic amines is 2. The monoisotopic (exact) mass is 138 g/mol. The first-order valence-electron chi connectivity index (χ1n) is 2.85. The molecule has 0 aliphatic rings. The van der Waals surface area contributed by atoms with Crippen LogP contribution in [0.2, 0.25) is 0 Å². The number of nitrogens with one attached hydrogen (secondary N) is 2. The van der Waals surface area contributed by atoms with E-state index in [1.165, 1.54) is 0 Å². The third-order valence-corrected chi connectivity index (χ3v) is 0.812. The van der Waals surface area contributed by atoms with Crippen molar-refractivity contribution < 1.29 is 1.43 Å². The first kappa shape index (κ1) is 6.54. The van der Waals surface area contributed by atoms with Crippen LogP contribution >= 0.6 is 0 Å². The number of aromatic nitrogens is 4. The molecule has 0 radical (unpaired) electrons. The third-order valence-electron chi connectivity index (χ3n) is 0.812. The van der Waals surface area contributed by atoms with Crippen LogP contribution in [-0.4, -0.2) is 19.9 Å². The first-order chi connectivity index (χ1) is 5.00. The van der Waals surface area contributed by atoms with Crippen LogP contribution in [0.1, 0.15) is 1.43 Å². The maximum absolute atomic E-state index is 3.67. The van der Waals surface area contributed by atoms with Crippen LogP contribution < -0.4 is 0 Å². The summed E-state index contributed by atoms with van der Waals surface area (Å²) in [5.41, 5.74) is 0. The molecule has 0 aliphatic heterocycles. The van der Waals surface area contributed by atoms with Gasteiger partial charge in [0, 0.05) is 26.2 Å². The van der Waals surface area contributed by atoms with Crippen LogP contribution in [0.15, 0.2) is 37.4 Å². The summed E-state index contributed by atoms with van der Waals surface area (Å²) in [6.07, 6.45) is 10.2. The molecule has 2 aromatic heterocycles. The van der Waals surface area contributed by atoms with E-state index in [1.54, 1.807) is 37.4 Å².